The molecule has 0 spiro atoms. The molecule has 5 aliphatic carbocycles. The topological polar surface area (TPSA) is 17.1 Å². The van der Waals surface area contributed by atoms with E-state index in [2.05, 4.69) is 48.5 Å². The summed E-state index contributed by atoms with van der Waals surface area (Å²) in [7, 11) is 0. The number of aldehydes is 1. The van der Waals surface area contributed by atoms with Crippen LogP contribution in [0.25, 0.3) is 0 Å². The van der Waals surface area contributed by atoms with Crippen molar-refractivity contribution in [2.24, 2.45) is 62.6 Å². The van der Waals surface area contributed by atoms with Gasteiger partial charge in [-0.25, -0.2) is 0 Å². The number of carbonyl (C=O) groups excluding carboxylic acids is 1. The summed E-state index contributed by atoms with van der Waals surface area (Å²) in [5, 5.41) is 0. The normalized spacial score (nSPS) is 55.2. The van der Waals surface area contributed by atoms with Crippen LogP contribution in [0.2, 0.25) is 0 Å². The minimum Gasteiger partial charge on any atom is -0.303 e. The van der Waals surface area contributed by atoms with Crippen molar-refractivity contribution in [2.75, 3.05) is 0 Å². The van der Waals surface area contributed by atoms with Gasteiger partial charge in [0.2, 0.25) is 0 Å². The lowest BCUT2D eigenvalue weighted by molar-refractivity contribution is -0.241. The van der Waals surface area contributed by atoms with E-state index in [4.69, 9.17) is 0 Å². The Balaban J connectivity index is 1.48. The monoisotopic (exact) mass is 440 g/mol. The van der Waals surface area contributed by atoms with Crippen LogP contribution in [0.1, 0.15) is 126 Å². The molecular formula is C31H52O. The maximum atomic E-state index is 11.3. The smallest absolute Gasteiger partial charge is 0.120 e. The van der Waals surface area contributed by atoms with Crippen LogP contribution in [-0.4, -0.2) is 6.29 Å². The Hall–Kier alpha value is -0.330. The first-order chi connectivity index (χ1) is 14.9. The molecule has 5 saturated carbocycles. The van der Waals surface area contributed by atoms with Gasteiger partial charge in [0.05, 0.1) is 0 Å². The number of hydrogen-bond donors (Lipinski definition) is 0. The summed E-state index contributed by atoms with van der Waals surface area (Å²) in [5.74, 6) is 4.95. The fraction of sp³-hybridized carbons (Fsp3) is 0.968. The molecule has 0 aliphatic heterocycles. The minimum absolute atomic E-state index is 0.500. The third kappa shape index (κ3) is 2.84. The highest BCUT2D eigenvalue weighted by Gasteiger charge is 2.70. The van der Waals surface area contributed by atoms with E-state index in [9.17, 15) is 4.79 Å². The van der Waals surface area contributed by atoms with E-state index in [1.807, 2.05) is 0 Å². The molecule has 1 nitrogen and oxygen atoms in total. The number of fused-ring (bicyclic) bond motifs is 7. The molecule has 0 radical (unpaired) electrons. The molecule has 5 rings (SSSR count). The summed E-state index contributed by atoms with van der Waals surface area (Å²) in [5.41, 5.74) is 2.60. The molecule has 32 heavy (non-hydrogen) atoms. The molecule has 0 saturated heterocycles. The van der Waals surface area contributed by atoms with Crippen LogP contribution in [0.4, 0.5) is 0 Å². The first-order valence-electron chi connectivity index (χ1n) is 14.4. The molecule has 5 aliphatic rings. The summed E-state index contributed by atoms with van der Waals surface area (Å²) < 4.78 is 0. The van der Waals surface area contributed by atoms with Crippen molar-refractivity contribution in [3.05, 3.63) is 0 Å². The highest BCUT2D eigenvalue weighted by molar-refractivity contribution is 5.49. The summed E-state index contributed by atoms with van der Waals surface area (Å²) in [6.45, 7) is 18.5. The SMILES string of the molecule is C[C@@H](CC=O)[C@H]1CC[C@]2(C)[C@H]3CC[C@@H]4[C@@]5(C)CCCC(C)(C)[C@@H]5CC[C@@]4(C)[C@]3(C)CC[C@@H]12. The maximum Gasteiger partial charge on any atom is 0.120 e. The quantitative estimate of drug-likeness (QED) is 0.401. The van der Waals surface area contributed by atoms with E-state index >= 15 is 0 Å². The lowest BCUT2D eigenvalue weighted by atomic mass is 9.32. The Labute approximate surface area is 199 Å². The van der Waals surface area contributed by atoms with Gasteiger partial charge >= 0.3 is 0 Å². The first-order valence-corrected chi connectivity index (χ1v) is 14.4. The Bertz CT molecular complexity index is 754. The van der Waals surface area contributed by atoms with Gasteiger partial charge in [0.15, 0.2) is 0 Å². The maximum absolute atomic E-state index is 11.3. The molecule has 0 unspecified atom stereocenters. The van der Waals surface area contributed by atoms with Crippen LogP contribution in [0.3, 0.4) is 0 Å². The predicted molar refractivity (Wildman–Crippen MR) is 134 cm³/mol. The Morgan fingerprint density at radius 3 is 2.00 bits per heavy atom. The van der Waals surface area contributed by atoms with Gasteiger partial charge < -0.3 is 4.79 Å². The molecule has 10 atom stereocenters. The van der Waals surface area contributed by atoms with Gasteiger partial charge in [-0.3, -0.25) is 0 Å². The van der Waals surface area contributed by atoms with Crippen LogP contribution in [0.15, 0.2) is 0 Å². The third-order valence-electron chi connectivity index (χ3n) is 14.0. The second kappa shape index (κ2) is 7.34. The van der Waals surface area contributed by atoms with Crippen molar-refractivity contribution >= 4 is 6.29 Å². The molecule has 182 valence electrons. The fourth-order valence-electron chi connectivity index (χ4n) is 12.3. The van der Waals surface area contributed by atoms with Gasteiger partial charge in [-0.2, -0.15) is 0 Å². The summed E-state index contributed by atoms with van der Waals surface area (Å²) in [4.78, 5) is 11.3. The summed E-state index contributed by atoms with van der Waals surface area (Å²) in [6.07, 6.45) is 17.9. The van der Waals surface area contributed by atoms with E-state index < -0.39 is 0 Å². The van der Waals surface area contributed by atoms with Gasteiger partial charge in [-0.15, -0.1) is 0 Å². The predicted octanol–water partition coefficient (Wildman–Crippen LogP) is 8.70. The van der Waals surface area contributed by atoms with Gasteiger partial charge in [0, 0.05) is 6.42 Å². The van der Waals surface area contributed by atoms with Crippen LogP contribution < -0.4 is 0 Å². The zero-order valence-corrected chi connectivity index (χ0v) is 22.4. The van der Waals surface area contributed by atoms with Gasteiger partial charge in [0.1, 0.15) is 6.29 Å². The lowest BCUT2D eigenvalue weighted by Crippen LogP contribution is -2.65. The zero-order chi connectivity index (χ0) is 23.2. The van der Waals surface area contributed by atoms with E-state index in [0.29, 0.717) is 33.0 Å². The second-order valence-electron chi connectivity index (χ2n) is 15.2. The molecule has 0 aromatic heterocycles. The van der Waals surface area contributed by atoms with Gasteiger partial charge in [-0.05, 0) is 127 Å². The van der Waals surface area contributed by atoms with Crippen molar-refractivity contribution in [2.45, 2.75) is 126 Å². The fourth-order valence-corrected chi connectivity index (χ4v) is 12.3. The van der Waals surface area contributed by atoms with E-state index in [1.165, 1.54) is 76.9 Å². The first kappa shape index (κ1) is 23.4. The molecule has 0 N–H and O–H groups in total. The van der Waals surface area contributed by atoms with E-state index in [-0.39, 0.29) is 0 Å². The van der Waals surface area contributed by atoms with Gasteiger partial charge in [0.25, 0.3) is 0 Å². The number of rotatable bonds is 3. The molecule has 1 heteroatoms. The van der Waals surface area contributed by atoms with Crippen molar-refractivity contribution in [1.82, 2.24) is 0 Å². The molecule has 0 amide bonds. The number of carbonyl (C=O) groups is 1. The molecular weight excluding hydrogens is 388 g/mol. The van der Waals surface area contributed by atoms with Crippen molar-refractivity contribution in [1.29, 1.82) is 0 Å². The molecule has 0 bridgehead atoms. The van der Waals surface area contributed by atoms with E-state index in [0.717, 1.165) is 36.0 Å². The zero-order valence-electron chi connectivity index (χ0n) is 22.4. The average molecular weight is 441 g/mol. The summed E-state index contributed by atoms with van der Waals surface area (Å²) in [6, 6.07) is 0. The van der Waals surface area contributed by atoms with Crippen LogP contribution in [-0.2, 0) is 4.79 Å². The second-order valence-corrected chi connectivity index (χ2v) is 15.2. The molecule has 5 fully saturated rings. The molecule has 0 aromatic carbocycles. The lowest BCUT2D eigenvalue weighted by Gasteiger charge is -2.73. The minimum atomic E-state index is 0.500. The summed E-state index contributed by atoms with van der Waals surface area (Å²) >= 11 is 0. The Kier molecular flexibility index (Phi) is 5.37. The van der Waals surface area contributed by atoms with E-state index in [1.54, 1.807) is 0 Å². The molecule has 0 heterocycles. The number of hydrogen-bond acceptors (Lipinski definition) is 1. The highest BCUT2D eigenvalue weighted by atomic mass is 16.1. The van der Waals surface area contributed by atoms with Crippen molar-refractivity contribution in [3.63, 3.8) is 0 Å². The van der Waals surface area contributed by atoms with Crippen molar-refractivity contribution in [3.8, 4) is 0 Å². The Morgan fingerprint density at radius 2 is 1.34 bits per heavy atom. The average Bonchev–Trinajstić information content (AvgIpc) is 3.05. The third-order valence-corrected chi connectivity index (χ3v) is 14.0. The standard InChI is InChI=1S/C31H52O/c1-21(14-20-32)22-11-17-28(4)23(22)12-18-30(6)25(28)9-10-26-29(5)16-8-15-27(2,3)24(29)13-19-31(26,30)7/h20-26H,8-19H2,1-7H3/t21-,22+,23-,24-,25+,26+,28-,29-,30+,31+/m0/s1. The Morgan fingerprint density at radius 1 is 0.719 bits per heavy atom. The van der Waals surface area contributed by atoms with Crippen LogP contribution >= 0.6 is 0 Å². The van der Waals surface area contributed by atoms with Crippen LogP contribution in [0, 0.1) is 62.6 Å². The largest absolute Gasteiger partial charge is 0.303 e. The molecule has 0 aromatic rings. The van der Waals surface area contributed by atoms with Gasteiger partial charge in [-0.1, -0.05) is 54.9 Å². The van der Waals surface area contributed by atoms with Crippen LogP contribution in [0.5, 0.6) is 0 Å². The highest BCUT2D eigenvalue weighted by Crippen LogP contribution is 2.78. The van der Waals surface area contributed by atoms with Crippen molar-refractivity contribution < 1.29 is 4.79 Å².